The number of aromatic nitrogens is 1. The van der Waals surface area contributed by atoms with Crippen molar-refractivity contribution in [1.82, 2.24) is 9.71 Å². The Morgan fingerprint density at radius 2 is 2.10 bits per heavy atom. The zero-order valence-electron chi connectivity index (χ0n) is 11.6. The molecule has 1 aromatic rings. The van der Waals surface area contributed by atoms with Crippen molar-refractivity contribution < 1.29 is 13.5 Å². The van der Waals surface area contributed by atoms with Gasteiger partial charge < -0.3 is 5.11 Å². The molecule has 0 amide bonds. The largest absolute Gasteiger partial charge is 0.384 e. The highest BCUT2D eigenvalue weighted by Crippen LogP contribution is 2.09. The van der Waals surface area contributed by atoms with E-state index >= 15 is 0 Å². The average molecular weight is 296 g/mol. The summed E-state index contributed by atoms with van der Waals surface area (Å²) >= 11 is 0. The van der Waals surface area contributed by atoms with Crippen LogP contribution in [-0.4, -0.2) is 31.7 Å². The summed E-state index contributed by atoms with van der Waals surface area (Å²) in [6.07, 6.45) is 6.81. The molecule has 0 aliphatic carbocycles. The van der Waals surface area contributed by atoms with Crippen LogP contribution in [0.3, 0.4) is 0 Å². The molecule has 0 radical (unpaired) electrons. The summed E-state index contributed by atoms with van der Waals surface area (Å²) in [5, 5.41) is 8.62. The van der Waals surface area contributed by atoms with Gasteiger partial charge in [-0.25, -0.2) is 13.1 Å². The topological polar surface area (TPSA) is 79.3 Å². The van der Waals surface area contributed by atoms with Gasteiger partial charge in [-0.3, -0.25) is 4.98 Å². The lowest BCUT2D eigenvalue weighted by molar-refractivity contribution is 0.350. The van der Waals surface area contributed by atoms with E-state index in [1.165, 1.54) is 18.5 Å². The highest BCUT2D eigenvalue weighted by molar-refractivity contribution is 7.89. The van der Waals surface area contributed by atoms with Crippen molar-refractivity contribution in [2.24, 2.45) is 0 Å². The maximum Gasteiger partial charge on any atom is 0.242 e. The average Bonchev–Trinajstić information content (AvgIpc) is 2.45. The molecule has 0 fully saturated rings. The number of unbranched alkanes of at least 4 members (excludes halogenated alkanes) is 3. The van der Waals surface area contributed by atoms with Crippen LogP contribution in [0.2, 0.25) is 0 Å². The Labute approximate surface area is 120 Å². The minimum absolute atomic E-state index is 0.0951. The van der Waals surface area contributed by atoms with E-state index in [9.17, 15) is 8.42 Å². The fourth-order valence-electron chi connectivity index (χ4n) is 1.62. The van der Waals surface area contributed by atoms with Crippen LogP contribution in [0.1, 0.15) is 38.2 Å². The normalized spacial score (nSPS) is 10.9. The number of sulfonamides is 1. The van der Waals surface area contributed by atoms with Gasteiger partial charge >= 0.3 is 0 Å². The number of rotatable bonds is 7. The smallest absolute Gasteiger partial charge is 0.242 e. The second-order valence-electron chi connectivity index (χ2n) is 4.33. The van der Waals surface area contributed by atoms with E-state index in [0.29, 0.717) is 12.1 Å². The van der Waals surface area contributed by atoms with Crippen LogP contribution in [-0.2, 0) is 10.0 Å². The van der Waals surface area contributed by atoms with Gasteiger partial charge in [-0.05, 0) is 12.5 Å². The van der Waals surface area contributed by atoms with E-state index in [2.05, 4.69) is 28.5 Å². The summed E-state index contributed by atoms with van der Waals surface area (Å²) in [4.78, 5) is 3.95. The minimum Gasteiger partial charge on any atom is -0.384 e. The highest BCUT2D eigenvalue weighted by Gasteiger charge is 2.13. The third kappa shape index (κ3) is 5.70. The number of hydrogen-bond acceptors (Lipinski definition) is 4. The fourth-order valence-corrected chi connectivity index (χ4v) is 2.68. The van der Waals surface area contributed by atoms with Gasteiger partial charge in [0, 0.05) is 24.5 Å². The van der Waals surface area contributed by atoms with Gasteiger partial charge in [-0.1, -0.05) is 38.0 Å². The first-order valence-corrected chi connectivity index (χ1v) is 8.13. The molecule has 0 aliphatic heterocycles. The molecule has 0 bridgehead atoms. The van der Waals surface area contributed by atoms with Gasteiger partial charge in [0.1, 0.15) is 11.5 Å². The van der Waals surface area contributed by atoms with Gasteiger partial charge in [0.2, 0.25) is 10.0 Å². The number of nitrogens with zero attached hydrogens (tertiary/aromatic N) is 1. The Bertz CT molecular complexity index is 574. The van der Waals surface area contributed by atoms with Crippen LogP contribution in [0.25, 0.3) is 0 Å². The Hall–Kier alpha value is -1.42. The molecule has 1 rings (SSSR count). The molecule has 110 valence electrons. The van der Waals surface area contributed by atoms with Gasteiger partial charge in [0.25, 0.3) is 0 Å². The molecule has 0 aromatic carbocycles. The van der Waals surface area contributed by atoms with Crippen LogP contribution in [0.5, 0.6) is 0 Å². The van der Waals surface area contributed by atoms with Crippen LogP contribution in [0.4, 0.5) is 0 Å². The zero-order valence-corrected chi connectivity index (χ0v) is 12.4. The molecular weight excluding hydrogens is 276 g/mol. The van der Waals surface area contributed by atoms with Crippen molar-refractivity contribution in [2.75, 3.05) is 13.2 Å². The van der Waals surface area contributed by atoms with Crippen LogP contribution in [0.15, 0.2) is 23.4 Å². The number of nitrogens with one attached hydrogen (secondary N) is 1. The molecule has 0 spiro atoms. The molecule has 1 aromatic heterocycles. The van der Waals surface area contributed by atoms with Crippen molar-refractivity contribution in [2.45, 2.75) is 37.5 Å². The monoisotopic (exact) mass is 296 g/mol. The van der Waals surface area contributed by atoms with E-state index < -0.39 is 10.0 Å². The molecule has 20 heavy (non-hydrogen) atoms. The number of hydrogen-bond donors (Lipinski definition) is 2. The highest BCUT2D eigenvalue weighted by atomic mass is 32.2. The van der Waals surface area contributed by atoms with Crippen molar-refractivity contribution >= 4 is 10.0 Å². The van der Waals surface area contributed by atoms with Gasteiger partial charge in [-0.15, -0.1) is 0 Å². The summed E-state index contributed by atoms with van der Waals surface area (Å²) in [5.41, 5.74) is 0.466. The quantitative estimate of drug-likeness (QED) is 0.587. The van der Waals surface area contributed by atoms with E-state index in [0.717, 1.165) is 25.7 Å². The number of aliphatic hydroxyl groups is 1. The molecular formula is C14H20N2O3S. The molecule has 5 nitrogen and oxygen atoms in total. The van der Waals surface area contributed by atoms with Gasteiger partial charge in [-0.2, -0.15) is 0 Å². The summed E-state index contributed by atoms with van der Waals surface area (Å²) in [5.74, 6) is 5.10. The van der Waals surface area contributed by atoms with E-state index in [1.54, 1.807) is 0 Å². The first-order chi connectivity index (χ1) is 9.60. The third-order valence-electron chi connectivity index (χ3n) is 2.66. The number of pyridine rings is 1. The molecule has 0 saturated carbocycles. The van der Waals surface area contributed by atoms with Gasteiger partial charge in [0.05, 0.1) is 0 Å². The number of aliphatic hydroxyl groups excluding tert-OH is 1. The van der Waals surface area contributed by atoms with Crippen molar-refractivity contribution in [3.05, 3.63) is 24.0 Å². The van der Waals surface area contributed by atoms with Crippen LogP contribution < -0.4 is 4.72 Å². The molecule has 0 saturated heterocycles. The van der Waals surface area contributed by atoms with E-state index in [4.69, 9.17) is 5.11 Å². The lowest BCUT2D eigenvalue weighted by Crippen LogP contribution is -2.25. The summed E-state index contributed by atoms with van der Waals surface area (Å²) in [6.45, 7) is 2.26. The first kappa shape index (κ1) is 16.6. The third-order valence-corrected chi connectivity index (χ3v) is 4.09. The maximum absolute atomic E-state index is 12.0. The second-order valence-corrected chi connectivity index (χ2v) is 6.09. The fraction of sp³-hybridized carbons (Fsp3) is 0.500. The van der Waals surface area contributed by atoms with Crippen LogP contribution >= 0.6 is 0 Å². The predicted octanol–water partition coefficient (Wildman–Crippen LogP) is 1.28. The maximum atomic E-state index is 12.0. The molecule has 0 aliphatic rings. The molecule has 1 heterocycles. The Morgan fingerprint density at radius 1 is 1.30 bits per heavy atom. The molecule has 0 unspecified atom stereocenters. The Kier molecular flexibility index (Phi) is 7.23. The Morgan fingerprint density at radius 3 is 2.80 bits per heavy atom. The zero-order chi connectivity index (χ0) is 14.8. The van der Waals surface area contributed by atoms with Crippen LogP contribution in [0, 0.1) is 11.8 Å². The molecule has 2 N–H and O–H groups in total. The Balaban J connectivity index is 2.67. The lowest BCUT2D eigenvalue weighted by atomic mass is 10.2. The van der Waals surface area contributed by atoms with Crippen molar-refractivity contribution in [3.63, 3.8) is 0 Å². The van der Waals surface area contributed by atoms with E-state index in [1.807, 2.05) is 0 Å². The summed E-state index contributed by atoms with van der Waals surface area (Å²) < 4.78 is 26.6. The lowest BCUT2D eigenvalue weighted by Gasteiger charge is -2.06. The first-order valence-electron chi connectivity index (χ1n) is 6.64. The molecule has 0 atom stereocenters. The standard InChI is InChI=1S/C14H20N2O3S/c1-2-3-4-5-8-16-20(18,19)14-10-13(7-6-9-17)11-15-12-14/h10-12,16-17H,2-5,8-9H2,1H3. The van der Waals surface area contributed by atoms with E-state index in [-0.39, 0.29) is 11.5 Å². The molecule has 6 heteroatoms. The predicted molar refractivity (Wildman–Crippen MR) is 77.5 cm³/mol. The van der Waals surface area contributed by atoms with Crippen molar-refractivity contribution in [3.8, 4) is 11.8 Å². The summed E-state index contributed by atoms with van der Waals surface area (Å²) in [7, 11) is -3.54. The van der Waals surface area contributed by atoms with Gasteiger partial charge in [0.15, 0.2) is 0 Å². The summed E-state index contributed by atoms with van der Waals surface area (Å²) in [6, 6.07) is 1.45. The van der Waals surface area contributed by atoms with Crippen molar-refractivity contribution in [1.29, 1.82) is 0 Å². The second kappa shape index (κ2) is 8.69. The SMILES string of the molecule is CCCCCCNS(=O)(=O)c1cncc(C#CCO)c1. The minimum atomic E-state index is -3.54.